The lowest BCUT2D eigenvalue weighted by atomic mass is 10.2. The molecule has 3 heterocycles. The van der Waals surface area contributed by atoms with Gasteiger partial charge < -0.3 is 9.88 Å². The molecule has 2 N–H and O–H groups in total. The summed E-state index contributed by atoms with van der Waals surface area (Å²) in [5.74, 6) is 0.811. The van der Waals surface area contributed by atoms with Crippen molar-refractivity contribution < 1.29 is 18.0 Å². The Morgan fingerprint density at radius 1 is 1.26 bits per heavy atom. The number of amides is 1. The highest BCUT2D eigenvalue weighted by atomic mass is 19.4. The number of pyridine rings is 1. The fourth-order valence-corrected chi connectivity index (χ4v) is 2.75. The van der Waals surface area contributed by atoms with Crippen molar-refractivity contribution in [2.45, 2.75) is 33.5 Å². The Labute approximate surface area is 152 Å². The van der Waals surface area contributed by atoms with Gasteiger partial charge in [-0.15, -0.1) is 0 Å². The Bertz CT molecular complexity index is 989. The Kier molecular flexibility index (Phi) is 4.73. The molecule has 3 rings (SSSR count). The molecule has 0 aromatic carbocycles. The van der Waals surface area contributed by atoms with Gasteiger partial charge in [0.05, 0.1) is 5.56 Å². The molecule has 0 atom stereocenters. The van der Waals surface area contributed by atoms with E-state index in [2.05, 4.69) is 25.5 Å². The van der Waals surface area contributed by atoms with Crippen molar-refractivity contribution >= 4 is 11.7 Å². The molecule has 7 nitrogen and oxygen atoms in total. The smallest absolute Gasteiger partial charge is 0.339 e. The molecular weight excluding hydrogens is 361 g/mol. The van der Waals surface area contributed by atoms with Crippen molar-refractivity contribution in [2.75, 3.05) is 5.32 Å². The minimum atomic E-state index is -4.37. The van der Waals surface area contributed by atoms with Crippen LogP contribution in [0.2, 0.25) is 0 Å². The van der Waals surface area contributed by atoms with Gasteiger partial charge in [0.15, 0.2) is 5.82 Å². The van der Waals surface area contributed by atoms with E-state index in [1.54, 1.807) is 19.1 Å². The maximum atomic E-state index is 12.7. The standard InChI is InChI=1S/C17H17F3N6O/c1-9-6-13(10(2)26(9)8-17(18,19)20)16(27)23-14-7-12(4-5-21-14)15-22-11(3)24-25-15/h4-7H,8H2,1-3H3,(H,21,23,27)(H,22,24,25). The summed E-state index contributed by atoms with van der Waals surface area (Å²) in [7, 11) is 0. The summed E-state index contributed by atoms with van der Waals surface area (Å²) in [4.78, 5) is 20.8. The van der Waals surface area contributed by atoms with Gasteiger partial charge in [0, 0.05) is 23.1 Å². The largest absolute Gasteiger partial charge is 0.406 e. The number of nitrogens with one attached hydrogen (secondary N) is 2. The maximum absolute atomic E-state index is 12.7. The Hall–Kier alpha value is -3.17. The van der Waals surface area contributed by atoms with E-state index >= 15 is 0 Å². The summed E-state index contributed by atoms with van der Waals surface area (Å²) in [6, 6.07) is 4.71. The number of H-pyrrole nitrogens is 1. The molecule has 1 amide bonds. The Morgan fingerprint density at radius 3 is 2.63 bits per heavy atom. The van der Waals surface area contributed by atoms with Gasteiger partial charge in [0.1, 0.15) is 18.2 Å². The van der Waals surface area contributed by atoms with Gasteiger partial charge in [-0.3, -0.25) is 9.89 Å². The topological polar surface area (TPSA) is 88.5 Å². The summed E-state index contributed by atoms with van der Waals surface area (Å²) < 4.78 is 39.2. The summed E-state index contributed by atoms with van der Waals surface area (Å²) in [5.41, 5.74) is 1.40. The monoisotopic (exact) mass is 378 g/mol. The second kappa shape index (κ2) is 6.86. The first-order valence-electron chi connectivity index (χ1n) is 8.04. The van der Waals surface area contributed by atoms with Crippen LogP contribution in [0.1, 0.15) is 27.6 Å². The van der Waals surface area contributed by atoms with Crippen LogP contribution in [-0.2, 0) is 6.54 Å². The average Bonchev–Trinajstić information content (AvgIpc) is 3.13. The zero-order valence-corrected chi connectivity index (χ0v) is 14.8. The number of halogens is 3. The minimum Gasteiger partial charge on any atom is -0.339 e. The molecular formula is C17H17F3N6O. The van der Waals surface area contributed by atoms with Gasteiger partial charge >= 0.3 is 6.18 Å². The van der Waals surface area contributed by atoms with Crippen LogP contribution >= 0.6 is 0 Å². The van der Waals surface area contributed by atoms with Crippen LogP contribution in [0.15, 0.2) is 24.4 Å². The number of aryl methyl sites for hydroxylation is 2. The number of carbonyl (C=O) groups is 1. The van der Waals surface area contributed by atoms with Gasteiger partial charge in [-0.1, -0.05) is 0 Å². The third-order valence-corrected chi connectivity index (χ3v) is 4.01. The lowest BCUT2D eigenvalue weighted by Gasteiger charge is -2.12. The zero-order valence-electron chi connectivity index (χ0n) is 14.8. The molecule has 3 aromatic heterocycles. The summed E-state index contributed by atoms with van der Waals surface area (Å²) >= 11 is 0. The first-order chi connectivity index (χ1) is 12.6. The van der Waals surface area contributed by atoms with E-state index in [0.717, 1.165) is 4.57 Å². The van der Waals surface area contributed by atoms with Crippen molar-refractivity contribution in [1.29, 1.82) is 0 Å². The number of aromatic nitrogens is 5. The zero-order chi connectivity index (χ0) is 19.8. The van der Waals surface area contributed by atoms with Gasteiger partial charge in [-0.25, -0.2) is 9.97 Å². The number of alkyl halides is 3. The van der Waals surface area contributed by atoms with E-state index in [9.17, 15) is 18.0 Å². The van der Waals surface area contributed by atoms with Crippen molar-refractivity contribution in [1.82, 2.24) is 24.7 Å². The molecule has 0 unspecified atom stereocenters. The van der Waals surface area contributed by atoms with E-state index in [0.29, 0.717) is 22.9 Å². The van der Waals surface area contributed by atoms with Crippen LogP contribution < -0.4 is 5.32 Å². The van der Waals surface area contributed by atoms with Crippen LogP contribution in [0.4, 0.5) is 19.0 Å². The number of rotatable bonds is 4. The number of hydrogen-bond acceptors (Lipinski definition) is 4. The first kappa shape index (κ1) is 18.6. The number of nitrogens with zero attached hydrogens (tertiary/aromatic N) is 4. The fourth-order valence-electron chi connectivity index (χ4n) is 2.75. The fraction of sp³-hybridized carbons (Fsp3) is 0.294. The molecule has 0 saturated heterocycles. The first-order valence-corrected chi connectivity index (χ1v) is 8.04. The summed E-state index contributed by atoms with van der Waals surface area (Å²) in [6.07, 6.45) is -2.88. The molecule has 0 spiro atoms. The van der Waals surface area contributed by atoms with Gasteiger partial charge in [-0.05, 0) is 39.0 Å². The Balaban J connectivity index is 1.83. The predicted molar refractivity (Wildman–Crippen MR) is 92.3 cm³/mol. The molecule has 0 aliphatic carbocycles. The van der Waals surface area contributed by atoms with Crippen LogP contribution in [0.5, 0.6) is 0 Å². The number of anilines is 1. The molecule has 27 heavy (non-hydrogen) atoms. The number of carbonyl (C=O) groups excluding carboxylic acids is 1. The highest BCUT2D eigenvalue weighted by molar-refractivity contribution is 6.05. The predicted octanol–water partition coefficient (Wildman–Crippen LogP) is 3.41. The average molecular weight is 378 g/mol. The molecule has 142 valence electrons. The summed E-state index contributed by atoms with van der Waals surface area (Å²) in [5, 5.41) is 9.37. The van der Waals surface area contributed by atoms with Gasteiger partial charge in [0.25, 0.3) is 5.91 Å². The molecule has 0 fully saturated rings. The minimum absolute atomic E-state index is 0.165. The molecule has 0 bridgehead atoms. The second-order valence-corrected chi connectivity index (χ2v) is 6.11. The van der Waals surface area contributed by atoms with Crippen LogP contribution in [0.25, 0.3) is 11.4 Å². The van der Waals surface area contributed by atoms with Crippen molar-refractivity contribution in [3.8, 4) is 11.4 Å². The van der Waals surface area contributed by atoms with Gasteiger partial charge in [-0.2, -0.15) is 18.3 Å². The molecule has 3 aromatic rings. The summed E-state index contributed by atoms with van der Waals surface area (Å²) in [6.45, 7) is 3.63. The lowest BCUT2D eigenvalue weighted by molar-refractivity contribution is -0.141. The van der Waals surface area contributed by atoms with Gasteiger partial charge in [0.2, 0.25) is 0 Å². The molecule has 0 radical (unpaired) electrons. The van der Waals surface area contributed by atoms with E-state index in [1.807, 2.05) is 0 Å². The highest BCUT2D eigenvalue weighted by Crippen LogP contribution is 2.24. The van der Waals surface area contributed by atoms with Crippen LogP contribution in [-0.4, -0.2) is 36.8 Å². The van der Waals surface area contributed by atoms with E-state index < -0.39 is 18.6 Å². The third-order valence-electron chi connectivity index (χ3n) is 4.01. The van der Waals surface area contributed by atoms with Crippen LogP contribution in [0.3, 0.4) is 0 Å². The normalized spacial score (nSPS) is 11.6. The quantitative estimate of drug-likeness (QED) is 0.728. The third kappa shape index (κ3) is 4.15. The number of aromatic amines is 1. The molecule has 0 aliphatic rings. The van der Waals surface area contributed by atoms with Crippen LogP contribution in [0, 0.1) is 20.8 Å². The maximum Gasteiger partial charge on any atom is 0.406 e. The van der Waals surface area contributed by atoms with E-state index in [1.165, 1.54) is 26.1 Å². The second-order valence-electron chi connectivity index (χ2n) is 6.11. The molecule has 0 aliphatic heterocycles. The highest BCUT2D eigenvalue weighted by Gasteiger charge is 2.30. The SMILES string of the molecule is Cc1nc(-c2ccnc(NC(=O)c3cc(C)n(CC(F)(F)F)c3C)c2)n[nH]1. The lowest BCUT2D eigenvalue weighted by Crippen LogP contribution is -2.20. The number of hydrogen-bond donors (Lipinski definition) is 2. The van der Waals surface area contributed by atoms with Crippen molar-refractivity contribution in [3.63, 3.8) is 0 Å². The van der Waals surface area contributed by atoms with Crippen molar-refractivity contribution in [2.24, 2.45) is 0 Å². The molecule has 0 saturated carbocycles. The van der Waals surface area contributed by atoms with Crippen molar-refractivity contribution in [3.05, 3.63) is 47.2 Å². The van der Waals surface area contributed by atoms with E-state index in [4.69, 9.17) is 0 Å². The van der Waals surface area contributed by atoms with E-state index in [-0.39, 0.29) is 17.1 Å². The molecule has 10 heteroatoms. The Morgan fingerprint density at radius 2 is 2.00 bits per heavy atom.